The number of carbonyl (C=O) groups is 4. The van der Waals surface area contributed by atoms with E-state index in [9.17, 15) is 19.2 Å². The van der Waals surface area contributed by atoms with Crippen LogP contribution >= 0.6 is 0 Å². The van der Waals surface area contributed by atoms with Crippen molar-refractivity contribution in [1.82, 2.24) is 9.80 Å². The predicted octanol–water partition coefficient (Wildman–Crippen LogP) is 0.685. The Morgan fingerprint density at radius 3 is 2.38 bits per heavy atom. The Bertz CT molecular complexity index is 450. The maximum atomic E-state index is 11.5. The molecular weight excluding hydrogens is 272 g/mol. The normalized spacial score (nSPS) is 14.2. The highest BCUT2D eigenvalue weighted by Gasteiger charge is 2.22. The van der Waals surface area contributed by atoms with Gasteiger partial charge in [-0.3, -0.25) is 24.1 Å². The number of amides is 3. The molecule has 0 saturated heterocycles. The van der Waals surface area contributed by atoms with Gasteiger partial charge in [0.05, 0.1) is 0 Å². The summed E-state index contributed by atoms with van der Waals surface area (Å²) in [6.45, 7) is 1.06. The largest absolute Gasteiger partial charge is 0.342 e. The van der Waals surface area contributed by atoms with Crippen LogP contribution in [0.1, 0.15) is 25.7 Å². The lowest BCUT2D eigenvalue weighted by molar-refractivity contribution is -0.136. The molecule has 0 unspecified atom stereocenters. The summed E-state index contributed by atoms with van der Waals surface area (Å²) < 4.78 is 0. The molecule has 1 heterocycles. The molecule has 0 spiro atoms. The molecule has 6 heteroatoms. The van der Waals surface area contributed by atoms with Crippen LogP contribution in [-0.4, -0.2) is 53.9 Å². The zero-order valence-corrected chi connectivity index (χ0v) is 12.2. The van der Waals surface area contributed by atoms with Gasteiger partial charge in [-0.25, -0.2) is 0 Å². The molecule has 0 bridgehead atoms. The maximum Gasteiger partial charge on any atom is 0.253 e. The summed E-state index contributed by atoms with van der Waals surface area (Å²) in [5, 5.41) is 0. The zero-order valence-electron chi connectivity index (χ0n) is 12.2. The van der Waals surface area contributed by atoms with Crippen molar-refractivity contribution in [2.45, 2.75) is 25.7 Å². The quantitative estimate of drug-likeness (QED) is 0.271. The number of carbonyl (C=O) groups excluding carboxylic acids is 4. The Balaban J connectivity index is 2.08. The Labute approximate surface area is 124 Å². The van der Waals surface area contributed by atoms with E-state index < -0.39 is 0 Å². The molecule has 0 fully saturated rings. The molecular formula is C15H20N2O4. The van der Waals surface area contributed by atoms with E-state index in [0.29, 0.717) is 19.4 Å². The minimum absolute atomic E-state index is 0.193. The second-order valence-corrected chi connectivity index (χ2v) is 4.83. The highest BCUT2D eigenvalue weighted by Crippen LogP contribution is 2.08. The van der Waals surface area contributed by atoms with Gasteiger partial charge in [0.15, 0.2) is 0 Å². The zero-order chi connectivity index (χ0) is 15.7. The molecule has 1 rings (SSSR count). The maximum absolute atomic E-state index is 11.5. The number of unbranched alkanes of at least 4 members (excludes halogenated alkanes) is 3. The number of nitrogens with zero attached hydrogens (tertiary/aromatic N) is 2. The van der Waals surface area contributed by atoms with Crippen LogP contribution in [0.15, 0.2) is 24.3 Å². The lowest BCUT2D eigenvalue weighted by atomic mass is 10.2. The summed E-state index contributed by atoms with van der Waals surface area (Å²) in [4.78, 5) is 47.0. The molecule has 3 amide bonds. The third-order valence-corrected chi connectivity index (χ3v) is 3.22. The average Bonchev–Trinajstić information content (AvgIpc) is 2.79. The van der Waals surface area contributed by atoms with Crippen molar-refractivity contribution in [3.8, 4) is 0 Å². The molecule has 6 nitrogen and oxygen atoms in total. The summed E-state index contributed by atoms with van der Waals surface area (Å²) >= 11 is 0. The van der Waals surface area contributed by atoms with Gasteiger partial charge in [-0.15, -0.1) is 0 Å². The van der Waals surface area contributed by atoms with Gasteiger partial charge in [0.1, 0.15) is 6.29 Å². The number of hydrogen-bond donors (Lipinski definition) is 0. The van der Waals surface area contributed by atoms with Gasteiger partial charge in [-0.1, -0.05) is 12.8 Å². The monoisotopic (exact) mass is 292 g/mol. The van der Waals surface area contributed by atoms with Crippen molar-refractivity contribution in [3.63, 3.8) is 0 Å². The molecule has 114 valence electrons. The van der Waals surface area contributed by atoms with Gasteiger partial charge >= 0.3 is 0 Å². The van der Waals surface area contributed by atoms with E-state index in [1.54, 1.807) is 11.9 Å². The standard InChI is InChI=1S/C15H20N2O4/c1-16(13(19)7-6-12-18)10-4-2-3-5-11-17-14(20)8-9-15(17)21/h6-9,12H,2-5,10-11H2,1H3/b7-6-. The lowest BCUT2D eigenvalue weighted by Gasteiger charge is -2.15. The summed E-state index contributed by atoms with van der Waals surface area (Å²) in [6, 6.07) is 0. The summed E-state index contributed by atoms with van der Waals surface area (Å²) in [5.41, 5.74) is 0. The van der Waals surface area contributed by atoms with Crippen LogP contribution in [0.5, 0.6) is 0 Å². The van der Waals surface area contributed by atoms with Gasteiger partial charge in [0.2, 0.25) is 5.91 Å². The fraction of sp³-hybridized carbons (Fsp3) is 0.467. The van der Waals surface area contributed by atoms with E-state index in [1.165, 1.54) is 29.2 Å². The van der Waals surface area contributed by atoms with Gasteiger partial charge in [0, 0.05) is 38.4 Å². The Kier molecular flexibility index (Phi) is 7.08. The molecule has 0 aromatic heterocycles. The minimum atomic E-state index is -0.243. The first-order chi connectivity index (χ1) is 10.1. The van der Waals surface area contributed by atoms with E-state index >= 15 is 0 Å². The van der Waals surface area contributed by atoms with Crippen molar-refractivity contribution in [1.29, 1.82) is 0 Å². The van der Waals surface area contributed by atoms with E-state index in [1.807, 2.05) is 0 Å². The topological polar surface area (TPSA) is 74.8 Å². The van der Waals surface area contributed by atoms with E-state index in [0.717, 1.165) is 25.7 Å². The van der Waals surface area contributed by atoms with Crippen molar-refractivity contribution in [2.75, 3.05) is 20.1 Å². The van der Waals surface area contributed by atoms with Gasteiger partial charge < -0.3 is 4.90 Å². The Hall–Kier alpha value is -2.24. The second-order valence-electron chi connectivity index (χ2n) is 4.83. The minimum Gasteiger partial charge on any atom is -0.342 e. The molecule has 0 aliphatic carbocycles. The van der Waals surface area contributed by atoms with Crippen LogP contribution in [0.2, 0.25) is 0 Å². The van der Waals surface area contributed by atoms with E-state index in [-0.39, 0.29) is 17.7 Å². The van der Waals surface area contributed by atoms with Crippen LogP contribution in [0.3, 0.4) is 0 Å². The number of allylic oxidation sites excluding steroid dienone is 1. The van der Waals surface area contributed by atoms with Crippen LogP contribution in [0.4, 0.5) is 0 Å². The Morgan fingerprint density at radius 2 is 1.76 bits per heavy atom. The predicted molar refractivity (Wildman–Crippen MR) is 77.2 cm³/mol. The van der Waals surface area contributed by atoms with Crippen molar-refractivity contribution in [2.24, 2.45) is 0 Å². The Morgan fingerprint density at radius 1 is 1.14 bits per heavy atom. The van der Waals surface area contributed by atoms with Gasteiger partial charge in [-0.05, 0) is 18.9 Å². The summed E-state index contributed by atoms with van der Waals surface area (Å²) in [6.07, 6.45) is 8.98. The molecule has 1 aliphatic heterocycles. The number of imide groups is 1. The van der Waals surface area contributed by atoms with Crippen molar-refractivity contribution in [3.05, 3.63) is 24.3 Å². The first kappa shape index (κ1) is 16.8. The highest BCUT2D eigenvalue weighted by atomic mass is 16.2. The van der Waals surface area contributed by atoms with Crippen LogP contribution < -0.4 is 0 Å². The molecule has 21 heavy (non-hydrogen) atoms. The number of rotatable bonds is 9. The summed E-state index contributed by atoms with van der Waals surface area (Å²) in [7, 11) is 1.69. The van der Waals surface area contributed by atoms with Crippen molar-refractivity contribution < 1.29 is 19.2 Å². The number of aldehydes is 1. The van der Waals surface area contributed by atoms with Crippen LogP contribution in [0.25, 0.3) is 0 Å². The second kappa shape index (κ2) is 8.84. The molecule has 0 atom stereocenters. The van der Waals surface area contributed by atoms with Crippen LogP contribution in [-0.2, 0) is 19.2 Å². The fourth-order valence-corrected chi connectivity index (χ4v) is 1.98. The molecule has 0 saturated carbocycles. The molecule has 0 N–H and O–H groups in total. The molecule has 0 aromatic carbocycles. The van der Waals surface area contributed by atoms with Crippen LogP contribution in [0, 0.1) is 0 Å². The lowest BCUT2D eigenvalue weighted by Crippen LogP contribution is -2.30. The molecule has 1 aliphatic rings. The van der Waals surface area contributed by atoms with E-state index in [4.69, 9.17) is 0 Å². The third kappa shape index (κ3) is 5.72. The molecule has 0 aromatic rings. The average molecular weight is 292 g/mol. The smallest absolute Gasteiger partial charge is 0.253 e. The number of hydrogen-bond acceptors (Lipinski definition) is 4. The van der Waals surface area contributed by atoms with E-state index in [2.05, 4.69) is 0 Å². The molecule has 0 radical (unpaired) electrons. The highest BCUT2D eigenvalue weighted by molar-refractivity contribution is 6.12. The first-order valence-corrected chi connectivity index (χ1v) is 6.96. The number of likely N-dealkylation sites (N-methyl/N-ethyl adjacent to an activating group) is 1. The first-order valence-electron chi connectivity index (χ1n) is 6.96. The van der Waals surface area contributed by atoms with Gasteiger partial charge in [-0.2, -0.15) is 0 Å². The fourth-order valence-electron chi connectivity index (χ4n) is 1.98. The van der Waals surface area contributed by atoms with Crippen molar-refractivity contribution >= 4 is 24.0 Å². The third-order valence-electron chi connectivity index (χ3n) is 3.22. The SMILES string of the molecule is CN(CCCCCCN1C(=O)C=CC1=O)C(=O)/C=C\C=O. The summed E-state index contributed by atoms with van der Waals surface area (Å²) in [5.74, 6) is -0.680. The van der Waals surface area contributed by atoms with Gasteiger partial charge in [0.25, 0.3) is 11.8 Å².